The molecule has 1 aliphatic heterocycles. The third kappa shape index (κ3) is 5.02. The van der Waals surface area contributed by atoms with Crippen LogP contribution in [0.3, 0.4) is 0 Å². The van der Waals surface area contributed by atoms with E-state index < -0.39 is 5.82 Å². The largest absolute Gasteiger partial charge is 0.366 e. The molecule has 0 bridgehead atoms. The van der Waals surface area contributed by atoms with Crippen LogP contribution in [0.25, 0.3) is 0 Å². The average Bonchev–Trinajstić information content (AvgIpc) is 2.56. The predicted octanol–water partition coefficient (Wildman–Crippen LogP) is 4.69. The molecular weight excluding hydrogens is 348 g/mol. The number of nitrogens with zero attached hydrogens (tertiary/aromatic N) is 2. The van der Waals surface area contributed by atoms with Crippen LogP contribution >= 0.6 is 0 Å². The van der Waals surface area contributed by atoms with Gasteiger partial charge in [-0.1, -0.05) is 32.9 Å². The van der Waals surface area contributed by atoms with E-state index in [2.05, 4.69) is 10.3 Å². The molecule has 0 atom stereocenters. The van der Waals surface area contributed by atoms with Crippen LogP contribution in [0.1, 0.15) is 44.9 Å². The van der Waals surface area contributed by atoms with Crippen molar-refractivity contribution in [2.75, 3.05) is 16.8 Å². The zero-order chi connectivity index (χ0) is 19.6. The lowest BCUT2D eigenvalue weighted by molar-refractivity contribution is -0.117. The summed E-state index contributed by atoms with van der Waals surface area (Å²) in [6.07, 6.45) is 1.92. The highest BCUT2D eigenvalue weighted by Crippen LogP contribution is 2.31. The molecule has 2 heterocycles. The van der Waals surface area contributed by atoms with Crippen molar-refractivity contribution in [3.8, 4) is 0 Å². The van der Waals surface area contributed by atoms with Crippen molar-refractivity contribution >= 4 is 17.4 Å². The van der Waals surface area contributed by atoms with E-state index in [0.29, 0.717) is 13.0 Å². The number of amides is 1. The van der Waals surface area contributed by atoms with Gasteiger partial charge >= 0.3 is 0 Å². The van der Waals surface area contributed by atoms with Gasteiger partial charge in [0.05, 0.1) is 11.4 Å². The highest BCUT2D eigenvalue weighted by molar-refractivity contribution is 5.90. The van der Waals surface area contributed by atoms with Gasteiger partial charge < -0.3 is 10.2 Å². The normalized spacial score (nSPS) is 14.0. The Morgan fingerprint density at radius 3 is 2.59 bits per heavy atom. The van der Waals surface area contributed by atoms with Gasteiger partial charge in [0.15, 0.2) is 11.6 Å². The number of fused-ring (bicyclic) bond motifs is 1. The molecule has 1 N–H and O–H groups in total. The van der Waals surface area contributed by atoms with E-state index in [1.807, 2.05) is 25.7 Å². The Hall–Kier alpha value is -2.50. The molecule has 1 aliphatic rings. The smallest absolute Gasteiger partial charge is 0.226 e. The Morgan fingerprint density at radius 1 is 1.22 bits per heavy atom. The van der Waals surface area contributed by atoms with Crippen LogP contribution in [0, 0.1) is 17.0 Å². The first-order chi connectivity index (χ1) is 12.7. The summed E-state index contributed by atoms with van der Waals surface area (Å²) in [4.78, 5) is 18.5. The highest BCUT2D eigenvalue weighted by Gasteiger charge is 2.23. The molecule has 1 amide bonds. The van der Waals surface area contributed by atoms with Gasteiger partial charge in [-0.25, -0.2) is 13.8 Å². The van der Waals surface area contributed by atoms with E-state index >= 15 is 0 Å². The summed E-state index contributed by atoms with van der Waals surface area (Å²) >= 11 is 0. The lowest BCUT2D eigenvalue weighted by Crippen LogP contribution is -2.30. The van der Waals surface area contributed by atoms with Crippen molar-refractivity contribution in [1.29, 1.82) is 0 Å². The molecular formula is C21H25F2N3O. The standard InChI is InChI=1S/C21H25F2N3O/c1-21(2,3)12-19(27)25-20-16(23)11-18-17(24-20)5-4-10-26(18)13-14-6-8-15(22)9-7-14/h6-9,11H,4-5,10,12-13H2,1-3H3,(H,24,25,27). The molecule has 0 spiro atoms. The van der Waals surface area contributed by atoms with Gasteiger partial charge in [-0.15, -0.1) is 0 Å². The van der Waals surface area contributed by atoms with Gasteiger partial charge in [-0.3, -0.25) is 4.79 Å². The summed E-state index contributed by atoms with van der Waals surface area (Å²) in [5.41, 5.74) is 2.28. The van der Waals surface area contributed by atoms with Crippen LogP contribution in [0.4, 0.5) is 20.3 Å². The number of halogens is 2. The molecule has 3 rings (SSSR count). The molecule has 2 aromatic rings. The molecule has 0 aliphatic carbocycles. The minimum atomic E-state index is -0.540. The quantitative estimate of drug-likeness (QED) is 0.846. The average molecular weight is 373 g/mol. The Bertz CT molecular complexity index is 829. The van der Waals surface area contributed by atoms with Crippen molar-refractivity contribution in [2.24, 2.45) is 5.41 Å². The first-order valence-electron chi connectivity index (χ1n) is 9.20. The van der Waals surface area contributed by atoms with E-state index in [9.17, 15) is 13.6 Å². The van der Waals surface area contributed by atoms with Crippen LogP contribution in [-0.2, 0) is 17.8 Å². The Balaban J connectivity index is 1.79. The number of carbonyl (C=O) groups is 1. The monoisotopic (exact) mass is 373 g/mol. The number of rotatable bonds is 4. The van der Waals surface area contributed by atoms with Crippen LogP contribution in [0.15, 0.2) is 30.3 Å². The van der Waals surface area contributed by atoms with E-state index in [1.165, 1.54) is 18.2 Å². The van der Waals surface area contributed by atoms with E-state index in [0.717, 1.165) is 36.3 Å². The van der Waals surface area contributed by atoms with Crippen LogP contribution in [0.2, 0.25) is 0 Å². The second-order valence-corrected chi connectivity index (χ2v) is 8.22. The third-order valence-corrected chi connectivity index (χ3v) is 4.45. The van der Waals surface area contributed by atoms with Crippen molar-refractivity contribution in [3.05, 3.63) is 53.2 Å². The number of anilines is 2. The summed E-state index contributed by atoms with van der Waals surface area (Å²) in [5.74, 6) is -1.07. The van der Waals surface area contributed by atoms with E-state index in [1.54, 1.807) is 12.1 Å². The molecule has 0 fully saturated rings. The second-order valence-electron chi connectivity index (χ2n) is 8.22. The fourth-order valence-corrected chi connectivity index (χ4v) is 3.25. The zero-order valence-corrected chi connectivity index (χ0v) is 16.0. The molecule has 144 valence electrons. The van der Waals surface area contributed by atoms with Crippen LogP contribution in [-0.4, -0.2) is 17.4 Å². The SMILES string of the molecule is CC(C)(C)CC(=O)Nc1nc2c(cc1F)N(Cc1ccc(F)cc1)CCC2. The molecule has 0 radical (unpaired) electrons. The summed E-state index contributed by atoms with van der Waals surface area (Å²) in [7, 11) is 0. The molecule has 0 saturated carbocycles. The molecule has 27 heavy (non-hydrogen) atoms. The third-order valence-electron chi connectivity index (χ3n) is 4.45. The lowest BCUT2D eigenvalue weighted by atomic mass is 9.92. The van der Waals surface area contributed by atoms with Gasteiger partial charge in [0.2, 0.25) is 5.91 Å². The maximum atomic E-state index is 14.6. The Kier molecular flexibility index (Phi) is 5.44. The van der Waals surface area contributed by atoms with E-state index in [4.69, 9.17) is 0 Å². The first kappa shape index (κ1) is 19.3. The van der Waals surface area contributed by atoms with Gasteiger partial charge in [-0.2, -0.15) is 0 Å². The number of benzene rings is 1. The number of aromatic nitrogens is 1. The van der Waals surface area contributed by atoms with E-state index in [-0.39, 0.29) is 23.0 Å². The number of nitrogens with one attached hydrogen (secondary N) is 1. The minimum Gasteiger partial charge on any atom is -0.366 e. The van der Waals surface area contributed by atoms with Gasteiger partial charge in [0.25, 0.3) is 0 Å². The molecule has 6 heteroatoms. The second kappa shape index (κ2) is 7.62. The van der Waals surface area contributed by atoms with Gasteiger partial charge in [-0.05, 0) is 36.0 Å². The van der Waals surface area contributed by atoms with Gasteiger partial charge in [0, 0.05) is 25.6 Å². The molecule has 0 saturated heterocycles. The fraction of sp³-hybridized carbons (Fsp3) is 0.429. The van der Waals surface area contributed by atoms with Crippen molar-refractivity contribution < 1.29 is 13.6 Å². The van der Waals surface area contributed by atoms with Crippen LogP contribution in [0.5, 0.6) is 0 Å². The Labute approximate surface area is 158 Å². The number of hydrogen-bond donors (Lipinski definition) is 1. The maximum absolute atomic E-state index is 14.6. The van der Waals surface area contributed by atoms with Gasteiger partial charge in [0.1, 0.15) is 5.82 Å². The minimum absolute atomic E-state index is 0.00775. The summed E-state index contributed by atoms with van der Waals surface area (Å²) in [6.45, 7) is 7.20. The fourth-order valence-electron chi connectivity index (χ4n) is 3.25. The zero-order valence-electron chi connectivity index (χ0n) is 16.0. The number of pyridine rings is 1. The lowest BCUT2D eigenvalue weighted by Gasteiger charge is -2.31. The highest BCUT2D eigenvalue weighted by atomic mass is 19.1. The molecule has 0 unspecified atom stereocenters. The molecule has 1 aromatic carbocycles. The number of carbonyl (C=O) groups excluding carboxylic acids is 1. The van der Waals surface area contributed by atoms with Crippen molar-refractivity contribution in [1.82, 2.24) is 4.98 Å². The topological polar surface area (TPSA) is 45.2 Å². The van der Waals surface area contributed by atoms with Crippen molar-refractivity contribution in [2.45, 2.75) is 46.6 Å². The van der Waals surface area contributed by atoms with Crippen molar-refractivity contribution in [3.63, 3.8) is 0 Å². The summed E-state index contributed by atoms with van der Waals surface area (Å²) < 4.78 is 27.7. The maximum Gasteiger partial charge on any atom is 0.226 e. The molecule has 4 nitrogen and oxygen atoms in total. The Morgan fingerprint density at radius 2 is 1.93 bits per heavy atom. The van der Waals surface area contributed by atoms with Crippen LogP contribution < -0.4 is 10.2 Å². The number of hydrogen-bond acceptors (Lipinski definition) is 3. The first-order valence-corrected chi connectivity index (χ1v) is 9.20. The summed E-state index contributed by atoms with van der Waals surface area (Å²) in [6, 6.07) is 7.75. The number of aryl methyl sites for hydroxylation is 1. The summed E-state index contributed by atoms with van der Waals surface area (Å²) in [5, 5.41) is 2.60. The molecule has 1 aromatic heterocycles. The predicted molar refractivity (Wildman–Crippen MR) is 103 cm³/mol.